The Hall–Kier alpha value is -1.58. The molecule has 1 atom stereocenters. The molecular weight excluding hydrogens is 307 g/mol. The van der Waals surface area contributed by atoms with Crippen LogP contribution in [-0.2, 0) is 0 Å². The molecule has 0 aliphatic carbocycles. The lowest BCUT2D eigenvalue weighted by atomic mass is 10.1. The van der Waals surface area contributed by atoms with E-state index in [1.807, 2.05) is 35.7 Å². The summed E-state index contributed by atoms with van der Waals surface area (Å²) in [5.41, 5.74) is 1.08. The topological polar surface area (TPSA) is 9.23 Å². The van der Waals surface area contributed by atoms with Crippen LogP contribution >= 0.6 is 22.9 Å². The first-order valence-corrected chi connectivity index (χ1v) is 8.14. The van der Waals surface area contributed by atoms with Crippen molar-refractivity contribution in [2.75, 3.05) is 5.88 Å². The highest BCUT2D eigenvalue weighted by Crippen LogP contribution is 2.35. The maximum atomic E-state index is 13.7. The fourth-order valence-electron chi connectivity index (χ4n) is 2.31. The van der Waals surface area contributed by atoms with Gasteiger partial charge in [0.15, 0.2) is 0 Å². The minimum Gasteiger partial charge on any atom is -0.484 e. The van der Waals surface area contributed by atoms with Gasteiger partial charge in [0, 0.05) is 17.7 Å². The molecule has 0 N–H and O–H groups in total. The van der Waals surface area contributed by atoms with Gasteiger partial charge in [0.2, 0.25) is 0 Å². The molecule has 4 heteroatoms. The van der Waals surface area contributed by atoms with Crippen LogP contribution in [-0.4, -0.2) is 5.88 Å². The highest BCUT2D eigenvalue weighted by atomic mass is 35.5. The summed E-state index contributed by atoms with van der Waals surface area (Å²) < 4.78 is 20.7. The standard InChI is InChI=1S/C17H14ClFOS/c18-10-8-15(12-4-2-1-3-5-12)20-16-7-6-14(19)13-9-11-21-17(13)16/h1-7,9,11,15H,8,10H2/t15-/m0/s1. The van der Waals surface area contributed by atoms with Gasteiger partial charge in [-0.2, -0.15) is 0 Å². The molecule has 0 radical (unpaired) electrons. The van der Waals surface area contributed by atoms with Gasteiger partial charge in [-0.1, -0.05) is 30.3 Å². The summed E-state index contributed by atoms with van der Waals surface area (Å²) in [6.45, 7) is 0. The lowest BCUT2D eigenvalue weighted by Crippen LogP contribution is -2.08. The number of halogens is 2. The Morgan fingerprint density at radius 3 is 2.67 bits per heavy atom. The van der Waals surface area contributed by atoms with Gasteiger partial charge in [-0.25, -0.2) is 4.39 Å². The predicted octanol–water partition coefficient (Wildman–Crippen LogP) is 5.79. The molecule has 0 bridgehead atoms. The van der Waals surface area contributed by atoms with E-state index in [0.717, 1.165) is 10.3 Å². The van der Waals surface area contributed by atoms with E-state index in [4.69, 9.17) is 16.3 Å². The zero-order chi connectivity index (χ0) is 14.7. The average molecular weight is 321 g/mol. The monoisotopic (exact) mass is 320 g/mol. The number of thiophene rings is 1. The van der Waals surface area contributed by atoms with E-state index < -0.39 is 0 Å². The Morgan fingerprint density at radius 1 is 1.10 bits per heavy atom. The zero-order valence-electron chi connectivity index (χ0n) is 11.3. The molecule has 0 saturated carbocycles. The number of alkyl halides is 1. The predicted molar refractivity (Wildman–Crippen MR) is 86.9 cm³/mol. The summed E-state index contributed by atoms with van der Waals surface area (Å²) >= 11 is 7.38. The van der Waals surface area contributed by atoms with Crippen LogP contribution in [0.25, 0.3) is 10.1 Å². The van der Waals surface area contributed by atoms with E-state index in [9.17, 15) is 4.39 Å². The van der Waals surface area contributed by atoms with E-state index in [-0.39, 0.29) is 11.9 Å². The van der Waals surface area contributed by atoms with E-state index >= 15 is 0 Å². The molecule has 0 aliphatic rings. The van der Waals surface area contributed by atoms with Gasteiger partial charge in [-0.15, -0.1) is 22.9 Å². The number of hydrogen-bond acceptors (Lipinski definition) is 2. The van der Waals surface area contributed by atoms with Gasteiger partial charge in [0.25, 0.3) is 0 Å². The van der Waals surface area contributed by atoms with Crippen LogP contribution in [0, 0.1) is 5.82 Å². The summed E-state index contributed by atoms with van der Waals surface area (Å²) in [6, 6.07) is 14.9. The third-order valence-electron chi connectivity index (χ3n) is 3.34. The summed E-state index contributed by atoms with van der Waals surface area (Å²) in [6.07, 6.45) is 0.579. The molecule has 0 aliphatic heterocycles. The smallest absolute Gasteiger partial charge is 0.138 e. The first kappa shape index (κ1) is 14.4. The van der Waals surface area contributed by atoms with Crippen molar-refractivity contribution in [2.45, 2.75) is 12.5 Å². The number of fused-ring (bicyclic) bond motifs is 1. The average Bonchev–Trinajstić information content (AvgIpc) is 3.01. The SMILES string of the molecule is Fc1ccc(O[C@@H](CCCl)c2ccccc2)c2sccc12. The third-order valence-corrected chi connectivity index (χ3v) is 4.49. The number of ether oxygens (including phenoxy) is 1. The lowest BCUT2D eigenvalue weighted by Gasteiger charge is -2.19. The van der Waals surface area contributed by atoms with Crippen molar-refractivity contribution in [1.29, 1.82) is 0 Å². The first-order chi connectivity index (χ1) is 10.3. The van der Waals surface area contributed by atoms with Gasteiger partial charge in [-0.3, -0.25) is 0 Å². The minimum atomic E-state index is -0.216. The molecule has 3 rings (SSSR count). The van der Waals surface area contributed by atoms with E-state index in [1.165, 1.54) is 17.4 Å². The first-order valence-electron chi connectivity index (χ1n) is 6.73. The van der Waals surface area contributed by atoms with E-state index in [0.29, 0.717) is 23.4 Å². The fourth-order valence-corrected chi connectivity index (χ4v) is 3.37. The molecule has 0 fully saturated rings. The van der Waals surface area contributed by atoms with Crippen LogP contribution in [0.15, 0.2) is 53.9 Å². The molecular formula is C17H14ClFOS. The quantitative estimate of drug-likeness (QED) is 0.541. The van der Waals surface area contributed by atoms with Crippen molar-refractivity contribution >= 4 is 33.0 Å². The third kappa shape index (κ3) is 3.04. The maximum Gasteiger partial charge on any atom is 0.138 e. The van der Waals surface area contributed by atoms with Crippen molar-refractivity contribution in [3.05, 3.63) is 65.3 Å². The second-order valence-corrected chi connectivity index (χ2v) is 6.00. The second kappa shape index (κ2) is 6.46. The van der Waals surface area contributed by atoms with Crippen LogP contribution in [0.4, 0.5) is 4.39 Å². The summed E-state index contributed by atoms with van der Waals surface area (Å²) in [5.74, 6) is 1.00. The zero-order valence-corrected chi connectivity index (χ0v) is 12.8. The van der Waals surface area contributed by atoms with Crippen molar-refractivity contribution in [1.82, 2.24) is 0 Å². The number of rotatable bonds is 5. The van der Waals surface area contributed by atoms with Crippen LogP contribution in [0.3, 0.4) is 0 Å². The van der Waals surface area contributed by atoms with Crippen LogP contribution in [0.1, 0.15) is 18.1 Å². The molecule has 1 nitrogen and oxygen atoms in total. The van der Waals surface area contributed by atoms with E-state index in [1.54, 1.807) is 12.1 Å². The van der Waals surface area contributed by atoms with Gasteiger partial charge in [0.05, 0.1) is 4.70 Å². The van der Waals surface area contributed by atoms with Crippen LogP contribution < -0.4 is 4.74 Å². The lowest BCUT2D eigenvalue weighted by molar-refractivity contribution is 0.205. The van der Waals surface area contributed by atoms with Crippen LogP contribution in [0.5, 0.6) is 5.75 Å². The molecule has 2 aromatic carbocycles. The molecule has 0 unspecified atom stereocenters. The number of benzene rings is 2. The molecule has 108 valence electrons. The normalized spacial score (nSPS) is 12.5. The van der Waals surface area contributed by atoms with E-state index in [2.05, 4.69) is 0 Å². The van der Waals surface area contributed by atoms with Crippen molar-refractivity contribution in [3.8, 4) is 5.75 Å². The van der Waals surface area contributed by atoms with Crippen molar-refractivity contribution in [3.63, 3.8) is 0 Å². The highest BCUT2D eigenvalue weighted by Gasteiger charge is 2.16. The minimum absolute atomic E-state index is 0.125. The Balaban J connectivity index is 1.95. The Kier molecular flexibility index (Phi) is 4.42. The van der Waals surface area contributed by atoms with Crippen molar-refractivity contribution in [2.24, 2.45) is 0 Å². The number of hydrogen-bond donors (Lipinski definition) is 0. The van der Waals surface area contributed by atoms with Gasteiger partial charge in [-0.05, 0) is 29.1 Å². The van der Waals surface area contributed by atoms with Crippen LogP contribution in [0.2, 0.25) is 0 Å². The summed E-state index contributed by atoms with van der Waals surface area (Å²) in [5, 5.41) is 2.48. The molecule has 0 saturated heterocycles. The Morgan fingerprint density at radius 2 is 1.90 bits per heavy atom. The molecule has 3 aromatic rings. The van der Waals surface area contributed by atoms with Crippen molar-refractivity contribution < 1.29 is 9.13 Å². The van der Waals surface area contributed by atoms with Gasteiger partial charge >= 0.3 is 0 Å². The maximum absolute atomic E-state index is 13.7. The largest absolute Gasteiger partial charge is 0.484 e. The molecule has 0 spiro atoms. The summed E-state index contributed by atoms with van der Waals surface area (Å²) in [4.78, 5) is 0. The molecule has 21 heavy (non-hydrogen) atoms. The van der Waals surface area contributed by atoms with Gasteiger partial charge in [0.1, 0.15) is 17.7 Å². The fraction of sp³-hybridized carbons (Fsp3) is 0.176. The Labute approximate surface area is 131 Å². The molecule has 0 amide bonds. The molecule has 1 heterocycles. The second-order valence-electron chi connectivity index (χ2n) is 4.70. The molecule has 1 aromatic heterocycles. The highest BCUT2D eigenvalue weighted by molar-refractivity contribution is 7.17. The summed E-state index contributed by atoms with van der Waals surface area (Å²) in [7, 11) is 0. The van der Waals surface area contributed by atoms with Gasteiger partial charge < -0.3 is 4.74 Å². The Bertz CT molecular complexity index is 726.